The van der Waals surface area contributed by atoms with Gasteiger partial charge in [0.25, 0.3) is 0 Å². The van der Waals surface area contributed by atoms with Gasteiger partial charge < -0.3 is 5.32 Å². The Bertz CT molecular complexity index is 1180. The molecule has 0 aliphatic heterocycles. The summed E-state index contributed by atoms with van der Waals surface area (Å²) < 4.78 is 80.2. The lowest BCUT2D eigenvalue weighted by molar-refractivity contribution is -0.143. The van der Waals surface area contributed by atoms with Crippen LogP contribution in [0.3, 0.4) is 0 Å². The molecule has 1 unspecified atom stereocenters. The van der Waals surface area contributed by atoms with E-state index in [4.69, 9.17) is 0 Å². The number of hydrogen-bond acceptors (Lipinski definition) is 2. The zero-order valence-corrected chi connectivity index (χ0v) is 20.0. The van der Waals surface area contributed by atoms with E-state index in [1.807, 2.05) is 48.5 Å². The molecule has 0 spiro atoms. The standard InChI is InChI=1S/C28H26F6N2O/c1-18(20-15-22(27(29,30)31)17-23(16-20)28(32,33)34)25(37)36-26(21-7-3-2-4-8-21)12-10-19(11-13-26)24-9-5-6-14-35-24/h2-9,14-19H,10-13H2,1H3,(H,36,37)/t18?,19-,26-. The third-order valence-corrected chi connectivity index (χ3v) is 7.14. The van der Waals surface area contributed by atoms with Crippen LogP contribution in [0.5, 0.6) is 0 Å². The SMILES string of the molecule is CC(C(=O)N[C@]1(c2ccccc2)CC[C@@H](c2ccccn2)CC1)c1cc(C(F)(F)F)cc(C(F)(F)F)c1. The third kappa shape index (κ3) is 5.97. The topological polar surface area (TPSA) is 42.0 Å². The molecule has 1 saturated carbocycles. The molecular formula is C28H26F6N2O. The van der Waals surface area contributed by atoms with Gasteiger partial charge in [0.15, 0.2) is 0 Å². The summed E-state index contributed by atoms with van der Waals surface area (Å²) in [4.78, 5) is 17.8. The van der Waals surface area contributed by atoms with E-state index in [1.165, 1.54) is 6.92 Å². The molecule has 2 aromatic carbocycles. The van der Waals surface area contributed by atoms with Crippen molar-refractivity contribution in [1.29, 1.82) is 0 Å². The van der Waals surface area contributed by atoms with E-state index in [0.29, 0.717) is 37.8 Å². The minimum atomic E-state index is -4.98. The van der Waals surface area contributed by atoms with Crippen molar-refractivity contribution in [2.24, 2.45) is 0 Å². The van der Waals surface area contributed by atoms with Crippen LogP contribution in [0.1, 0.15) is 72.4 Å². The second-order valence-corrected chi connectivity index (χ2v) is 9.53. The Morgan fingerprint density at radius 3 is 1.97 bits per heavy atom. The Balaban J connectivity index is 1.63. The van der Waals surface area contributed by atoms with Crippen molar-refractivity contribution < 1.29 is 31.1 Å². The molecule has 1 aromatic heterocycles. The molecule has 0 radical (unpaired) electrons. The highest BCUT2D eigenvalue weighted by Crippen LogP contribution is 2.44. The Hall–Kier alpha value is -3.36. The van der Waals surface area contributed by atoms with Gasteiger partial charge in [-0.2, -0.15) is 26.3 Å². The van der Waals surface area contributed by atoms with Crippen molar-refractivity contribution in [3.8, 4) is 0 Å². The summed E-state index contributed by atoms with van der Waals surface area (Å²) in [5.74, 6) is -1.68. The molecule has 196 valence electrons. The maximum absolute atomic E-state index is 13.4. The van der Waals surface area contributed by atoms with Crippen LogP contribution in [0.15, 0.2) is 72.9 Å². The molecule has 1 N–H and O–H groups in total. The molecular weight excluding hydrogens is 494 g/mol. The first-order valence-corrected chi connectivity index (χ1v) is 12.0. The summed E-state index contributed by atoms with van der Waals surface area (Å²) in [6, 6.07) is 16.2. The van der Waals surface area contributed by atoms with E-state index in [2.05, 4.69) is 10.3 Å². The lowest BCUT2D eigenvalue weighted by Gasteiger charge is -2.42. The summed E-state index contributed by atoms with van der Waals surface area (Å²) in [5.41, 5.74) is -2.23. The van der Waals surface area contributed by atoms with Crippen molar-refractivity contribution >= 4 is 5.91 Å². The zero-order valence-electron chi connectivity index (χ0n) is 20.0. The molecule has 0 saturated heterocycles. The van der Waals surface area contributed by atoms with Gasteiger partial charge in [0.05, 0.1) is 22.6 Å². The molecule has 1 fully saturated rings. The first-order chi connectivity index (χ1) is 17.4. The van der Waals surface area contributed by atoms with E-state index >= 15 is 0 Å². The van der Waals surface area contributed by atoms with Gasteiger partial charge in [-0.05, 0) is 74.1 Å². The highest BCUT2D eigenvalue weighted by Gasteiger charge is 2.41. The van der Waals surface area contributed by atoms with Gasteiger partial charge in [0, 0.05) is 17.8 Å². The molecule has 1 aliphatic rings. The van der Waals surface area contributed by atoms with Crippen molar-refractivity contribution in [2.75, 3.05) is 0 Å². The molecule has 1 aliphatic carbocycles. The predicted octanol–water partition coefficient (Wildman–Crippen LogP) is 7.59. The number of aromatic nitrogens is 1. The molecule has 1 heterocycles. The monoisotopic (exact) mass is 520 g/mol. The van der Waals surface area contributed by atoms with Gasteiger partial charge in [-0.1, -0.05) is 36.4 Å². The highest BCUT2D eigenvalue weighted by atomic mass is 19.4. The molecule has 1 amide bonds. The number of hydrogen-bond donors (Lipinski definition) is 1. The predicted molar refractivity (Wildman–Crippen MR) is 127 cm³/mol. The molecule has 1 atom stereocenters. The highest BCUT2D eigenvalue weighted by molar-refractivity contribution is 5.84. The number of nitrogens with one attached hydrogen (secondary N) is 1. The molecule has 4 rings (SSSR count). The summed E-state index contributed by atoms with van der Waals surface area (Å²) in [6.45, 7) is 1.32. The number of halogens is 6. The van der Waals surface area contributed by atoms with Gasteiger partial charge >= 0.3 is 12.4 Å². The van der Waals surface area contributed by atoms with Crippen molar-refractivity contribution in [3.63, 3.8) is 0 Å². The lowest BCUT2D eigenvalue weighted by Crippen LogP contribution is -2.49. The molecule has 9 heteroatoms. The van der Waals surface area contributed by atoms with Gasteiger partial charge in [-0.3, -0.25) is 9.78 Å². The van der Waals surface area contributed by atoms with Crippen molar-refractivity contribution in [3.05, 3.63) is 101 Å². The molecule has 3 aromatic rings. The fourth-order valence-corrected chi connectivity index (χ4v) is 4.99. The number of pyridine rings is 1. The van der Waals surface area contributed by atoms with E-state index < -0.39 is 40.8 Å². The van der Waals surface area contributed by atoms with Crippen LogP contribution in [0.4, 0.5) is 26.3 Å². The quantitative estimate of drug-likeness (QED) is 0.352. The number of rotatable bonds is 5. The van der Waals surface area contributed by atoms with Crippen LogP contribution in [-0.2, 0) is 22.7 Å². The van der Waals surface area contributed by atoms with Gasteiger partial charge in [0.2, 0.25) is 5.91 Å². The van der Waals surface area contributed by atoms with E-state index in [1.54, 1.807) is 6.20 Å². The van der Waals surface area contributed by atoms with E-state index in [9.17, 15) is 31.1 Å². The summed E-state index contributed by atoms with van der Waals surface area (Å²) in [7, 11) is 0. The average Bonchev–Trinajstić information content (AvgIpc) is 2.88. The maximum atomic E-state index is 13.4. The normalized spacial score (nSPS) is 21.3. The van der Waals surface area contributed by atoms with Crippen molar-refractivity contribution in [1.82, 2.24) is 10.3 Å². The first-order valence-electron chi connectivity index (χ1n) is 12.0. The first kappa shape index (κ1) is 26.7. The van der Waals surface area contributed by atoms with Crippen molar-refractivity contribution in [2.45, 2.75) is 62.3 Å². The largest absolute Gasteiger partial charge is 0.416 e. The number of carbonyl (C=O) groups excluding carboxylic acids is 1. The zero-order chi connectivity index (χ0) is 26.8. The van der Waals surface area contributed by atoms with Crippen LogP contribution in [0.2, 0.25) is 0 Å². The Morgan fingerprint density at radius 2 is 1.46 bits per heavy atom. The molecule has 0 bridgehead atoms. The minimum Gasteiger partial charge on any atom is -0.346 e. The number of carbonyl (C=O) groups is 1. The summed E-state index contributed by atoms with van der Waals surface area (Å²) in [6.07, 6.45) is -5.73. The third-order valence-electron chi connectivity index (χ3n) is 7.14. The smallest absolute Gasteiger partial charge is 0.346 e. The second kappa shape index (κ2) is 10.2. The Kier molecular flexibility index (Phi) is 7.35. The summed E-state index contributed by atoms with van der Waals surface area (Å²) >= 11 is 0. The van der Waals surface area contributed by atoms with E-state index in [-0.39, 0.29) is 17.5 Å². The number of nitrogens with zero attached hydrogens (tertiary/aromatic N) is 1. The lowest BCUT2D eigenvalue weighted by atomic mass is 9.71. The molecule has 37 heavy (non-hydrogen) atoms. The second-order valence-electron chi connectivity index (χ2n) is 9.53. The average molecular weight is 521 g/mol. The van der Waals surface area contributed by atoms with Crippen LogP contribution < -0.4 is 5.32 Å². The number of alkyl halides is 6. The Labute approximate surface area is 210 Å². The van der Waals surface area contributed by atoms with Gasteiger partial charge in [-0.15, -0.1) is 0 Å². The van der Waals surface area contributed by atoms with Crippen LogP contribution in [-0.4, -0.2) is 10.9 Å². The van der Waals surface area contributed by atoms with Crippen LogP contribution in [0, 0.1) is 0 Å². The van der Waals surface area contributed by atoms with E-state index in [0.717, 1.165) is 11.3 Å². The summed E-state index contributed by atoms with van der Waals surface area (Å²) in [5, 5.41) is 3.01. The number of benzene rings is 2. The number of amides is 1. The Morgan fingerprint density at radius 1 is 0.892 bits per heavy atom. The molecule has 3 nitrogen and oxygen atoms in total. The van der Waals surface area contributed by atoms with Gasteiger partial charge in [-0.25, -0.2) is 0 Å². The maximum Gasteiger partial charge on any atom is 0.416 e. The fraction of sp³-hybridized carbons (Fsp3) is 0.357. The van der Waals surface area contributed by atoms with Gasteiger partial charge in [0.1, 0.15) is 0 Å². The minimum absolute atomic E-state index is 0.0679. The fourth-order valence-electron chi connectivity index (χ4n) is 4.99. The van der Waals surface area contributed by atoms with Crippen LogP contribution in [0.25, 0.3) is 0 Å². The van der Waals surface area contributed by atoms with Crippen LogP contribution >= 0.6 is 0 Å².